The summed E-state index contributed by atoms with van der Waals surface area (Å²) in [6, 6.07) is 0. The summed E-state index contributed by atoms with van der Waals surface area (Å²) < 4.78 is 42.1. The summed E-state index contributed by atoms with van der Waals surface area (Å²) in [5.74, 6) is 0. The molecule has 1 unspecified atom stereocenters. The molecule has 0 saturated carbocycles. The number of hydrazine groups is 1. The monoisotopic (exact) mass is 210 g/mol. The van der Waals surface area contributed by atoms with Crippen molar-refractivity contribution in [3.05, 3.63) is 12.3 Å². The van der Waals surface area contributed by atoms with Crippen molar-refractivity contribution in [3.63, 3.8) is 0 Å². The predicted molar refractivity (Wildman–Crippen MR) is 45.0 cm³/mol. The molecule has 1 heterocycles. The minimum Gasteiger partial charge on any atom is -0.357 e. The van der Waals surface area contributed by atoms with Crippen molar-refractivity contribution in [2.24, 2.45) is 5.41 Å². The Labute approximate surface area is 80.3 Å². The Bertz CT molecular complexity index is 225. The lowest BCUT2D eigenvalue weighted by molar-refractivity contribution is -0.230. The van der Waals surface area contributed by atoms with Crippen LogP contribution in [0.15, 0.2) is 12.3 Å². The van der Waals surface area contributed by atoms with Crippen LogP contribution < -0.4 is 10.9 Å². The van der Waals surface area contributed by atoms with Crippen molar-refractivity contribution in [1.82, 2.24) is 10.9 Å². The molecule has 0 aromatic heterocycles. The Kier molecular flexibility index (Phi) is 3.06. The zero-order valence-corrected chi connectivity index (χ0v) is 7.98. The van der Waals surface area contributed by atoms with Gasteiger partial charge in [-0.2, -0.15) is 13.2 Å². The van der Waals surface area contributed by atoms with Gasteiger partial charge in [0, 0.05) is 6.20 Å². The van der Waals surface area contributed by atoms with E-state index < -0.39 is 17.8 Å². The van der Waals surface area contributed by atoms with E-state index in [0.29, 0.717) is 0 Å². The largest absolute Gasteiger partial charge is 0.396 e. The maximum Gasteiger partial charge on any atom is 0.396 e. The molecule has 1 aliphatic rings. The molecule has 3 nitrogen and oxygen atoms in total. The van der Waals surface area contributed by atoms with Gasteiger partial charge in [-0.3, -0.25) is 0 Å². The first-order valence-electron chi connectivity index (χ1n) is 4.19. The molecule has 0 amide bonds. The number of hydrogen-bond donors (Lipinski definition) is 2. The second kappa shape index (κ2) is 3.78. The van der Waals surface area contributed by atoms with Crippen LogP contribution >= 0.6 is 0 Å². The van der Waals surface area contributed by atoms with Gasteiger partial charge < -0.3 is 10.2 Å². The van der Waals surface area contributed by atoms with Crippen molar-refractivity contribution in [1.29, 1.82) is 0 Å². The summed E-state index contributed by atoms with van der Waals surface area (Å²) in [5.41, 5.74) is 3.41. The second-order valence-corrected chi connectivity index (χ2v) is 3.76. The van der Waals surface area contributed by atoms with E-state index in [9.17, 15) is 13.2 Å². The molecule has 0 aromatic rings. The van der Waals surface area contributed by atoms with Gasteiger partial charge in [0.2, 0.25) is 0 Å². The highest BCUT2D eigenvalue weighted by Gasteiger charge is 2.47. The third-order valence-electron chi connectivity index (χ3n) is 1.97. The predicted octanol–water partition coefficient (Wildman–Crippen LogP) is 1.54. The second-order valence-electron chi connectivity index (χ2n) is 3.76. The fourth-order valence-corrected chi connectivity index (χ4v) is 0.791. The highest BCUT2D eigenvalue weighted by atomic mass is 19.4. The summed E-state index contributed by atoms with van der Waals surface area (Å²) >= 11 is 0. The number of nitrogens with one attached hydrogen (secondary N) is 2. The number of rotatable bonds is 3. The summed E-state index contributed by atoms with van der Waals surface area (Å²) in [4.78, 5) is 0. The van der Waals surface area contributed by atoms with Crippen LogP contribution in [0.3, 0.4) is 0 Å². The zero-order valence-electron chi connectivity index (χ0n) is 7.98. The normalized spacial score (nSPS) is 22.5. The standard InChI is InChI=1S/C8H13F3N2O/c1-7(2,8(9,10)11)5-14-6-3-4-12-13-6/h3-4,6,12-13H,5H2,1-2H3. The number of halogens is 3. The van der Waals surface area contributed by atoms with E-state index in [4.69, 9.17) is 4.74 Å². The van der Waals surface area contributed by atoms with Crippen LogP contribution in [0, 0.1) is 5.41 Å². The Morgan fingerprint density at radius 1 is 1.36 bits per heavy atom. The Balaban J connectivity index is 2.39. The van der Waals surface area contributed by atoms with Crippen LogP contribution in [0.4, 0.5) is 13.2 Å². The molecule has 14 heavy (non-hydrogen) atoms. The fourth-order valence-electron chi connectivity index (χ4n) is 0.791. The SMILES string of the molecule is CC(C)(COC1C=CNN1)C(F)(F)F. The number of ether oxygens (including phenoxy) is 1. The molecule has 2 N–H and O–H groups in total. The van der Waals surface area contributed by atoms with Gasteiger partial charge in [0.1, 0.15) is 6.23 Å². The highest BCUT2D eigenvalue weighted by molar-refractivity contribution is 4.92. The average molecular weight is 210 g/mol. The molecule has 0 radical (unpaired) electrons. The maximum atomic E-state index is 12.4. The van der Waals surface area contributed by atoms with E-state index in [-0.39, 0.29) is 6.61 Å². The lowest BCUT2D eigenvalue weighted by Crippen LogP contribution is -2.40. The first kappa shape index (κ1) is 11.3. The summed E-state index contributed by atoms with van der Waals surface area (Å²) in [7, 11) is 0. The zero-order chi connectivity index (χ0) is 10.8. The summed E-state index contributed by atoms with van der Waals surface area (Å²) in [6.07, 6.45) is -1.56. The first-order valence-corrected chi connectivity index (χ1v) is 4.19. The van der Waals surface area contributed by atoms with Crippen LogP contribution in [0.1, 0.15) is 13.8 Å². The average Bonchev–Trinajstić information content (AvgIpc) is 2.50. The van der Waals surface area contributed by atoms with Gasteiger partial charge in [-0.15, -0.1) is 0 Å². The van der Waals surface area contributed by atoms with E-state index in [0.717, 1.165) is 13.8 Å². The number of alkyl halides is 3. The fraction of sp³-hybridized carbons (Fsp3) is 0.750. The molecule has 1 rings (SSSR count). The molecule has 0 aromatic carbocycles. The topological polar surface area (TPSA) is 33.3 Å². The molecule has 1 aliphatic heterocycles. The quantitative estimate of drug-likeness (QED) is 0.741. The van der Waals surface area contributed by atoms with Crippen molar-refractivity contribution in [2.75, 3.05) is 6.61 Å². The molecule has 0 fully saturated rings. The van der Waals surface area contributed by atoms with E-state index in [1.165, 1.54) is 0 Å². The van der Waals surface area contributed by atoms with Crippen LogP contribution in [-0.2, 0) is 4.74 Å². The minimum absolute atomic E-state index is 0.375. The van der Waals surface area contributed by atoms with E-state index in [2.05, 4.69) is 10.9 Å². The molecular weight excluding hydrogens is 197 g/mol. The lowest BCUT2D eigenvalue weighted by atomic mass is 9.94. The van der Waals surface area contributed by atoms with Gasteiger partial charge in [-0.1, -0.05) is 0 Å². The van der Waals surface area contributed by atoms with Gasteiger partial charge >= 0.3 is 6.18 Å². The van der Waals surface area contributed by atoms with Crippen LogP contribution in [0.5, 0.6) is 0 Å². The van der Waals surface area contributed by atoms with Crippen LogP contribution in [0.25, 0.3) is 0 Å². The van der Waals surface area contributed by atoms with E-state index >= 15 is 0 Å². The molecule has 6 heteroatoms. The molecule has 0 aliphatic carbocycles. The third kappa shape index (κ3) is 2.62. The van der Waals surface area contributed by atoms with Crippen LogP contribution in [-0.4, -0.2) is 19.0 Å². The number of hydrogen-bond acceptors (Lipinski definition) is 3. The van der Waals surface area contributed by atoms with Crippen LogP contribution in [0.2, 0.25) is 0 Å². The molecule has 0 spiro atoms. The van der Waals surface area contributed by atoms with Crippen molar-refractivity contribution < 1.29 is 17.9 Å². The summed E-state index contributed by atoms with van der Waals surface area (Å²) in [5, 5.41) is 0. The van der Waals surface area contributed by atoms with Gasteiger partial charge in [-0.25, -0.2) is 5.43 Å². The minimum atomic E-state index is -4.25. The lowest BCUT2D eigenvalue weighted by Gasteiger charge is -2.28. The molecule has 1 atom stereocenters. The van der Waals surface area contributed by atoms with E-state index in [1.807, 2.05) is 0 Å². The molecule has 82 valence electrons. The third-order valence-corrected chi connectivity index (χ3v) is 1.97. The summed E-state index contributed by atoms with van der Waals surface area (Å²) in [6.45, 7) is 1.85. The van der Waals surface area contributed by atoms with Gasteiger partial charge in [0.25, 0.3) is 0 Å². The molecule has 0 bridgehead atoms. The van der Waals surface area contributed by atoms with Gasteiger partial charge in [0.05, 0.1) is 12.0 Å². The van der Waals surface area contributed by atoms with Crippen molar-refractivity contribution in [2.45, 2.75) is 26.3 Å². The Morgan fingerprint density at radius 3 is 2.43 bits per heavy atom. The molecular formula is C8H13F3N2O. The smallest absolute Gasteiger partial charge is 0.357 e. The highest BCUT2D eigenvalue weighted by Crippen LogP contribution is 2.37. The molecule has 0 saturated heterocycles. The Morgan fingerprint density at radius 2 is 2.00 bits per heavy atom. The van der Waals surface area contributed by atoms with Crippen molar-refractivity contribution >= 4 is 0 Å². The first-order chi connectivity index (χ1) is 6.33. The van der Waals surface area contributed by atoms with Gasteiger partial charge in [0.15, 0.2) is 0 Å². The van der Waals surface area contributed by atoms with Crippen molar-refractivity contribution in [3.8, 4) is 0 Å². The Hall–Kier alpha value is -0.750. The maximum absolute atomic E-state index is 12.4. The van der Waals surface area contributed by atoms with Gasteiger partial charge in [-0.05, 0) is 19.9 Å². The van der Waals surface area contributed by atoms with E-state index in [1.54, 1.807) is 12.3 Å².